The van der Waals surface area contributed by atoms with Crippen molar-refractivity contribution in [2.24, 2.45) is 5.14 Å². The number of ether oxygens (including phenoxy) is 1. The first kappa shape index (κ1) is 14.6. The molecule has 1 aromatic carbocycles. The number of nitrogens with two attached hydrogens (primary N) is 1. The van der Waals surface area contributed by atoms with Crippen LogP contribution in [0.5, 0.6) is 0 Å². The SMILES string of the molecule is CCC(C)OC(=O)c1cc(F)cc(S(N)(=O)=O)c1. The molecule has 0 aliphatic rings. The van der Waals surface area contributed by atoms with E-state index in [1.807, 2.05) is 6.92 Å². The van der Waals surface area contributed by atoms with Crippen molar-refractivity contribution in [2.45, 2.75) is 31.3 Å². The molecule has 1 rings (SSSR count). The van der Waals surface area contributed by atoms with Crippen molar-refractivity contribution < 1.29 is 22.3 Å². The number of esters is 1. The Bertz CT molecular complexity index is 556. The lowest BCUT2D eigenvalue weighted by Crippen LogP contribution is -2.17. The van der Waals surface area contributed by atoms with Crippen LogP contribution in [0.25, 0.3) is 0 Å². The van der Waals surface area contributed by atoms with Crippen LogP contribution in [0, 0.1) is 5.82 Å². The van der Waals surface area contributed by atoms with E-state index in [1.165, 1.54) is 0 Å². The predicted molar refractivity (Wildman–Crippen MR) is 62.9 cm³/mol. The van der Waals surface area contributed by atoms with Crippen molar-refractivity contribution in [3.05, 3.63) is 29.6 Å². The van der Waals surface area contributed by atoms with E-state index in [0.717, 1.165) is 18.2 Å². The largest absolute Gasteiger partial charge is 0.459 e. The Morgan fingerprint density at radius 2 is 2.06 bits per heavy atom. The molecule has 0 heterocycles. The summed E-state index contributed by atoms with van der Waals surface area (Å²) in [6.07, 6.45) is 0.266. The molecule has 18 heavy (non-hydrogen) atoms. The van der Waals surface area contributed by atoms with Gasteiger partial charge < -0.3 is 4.74 Å². The number of rotatable bonds is 4. The van der Waals surface area contributed by atoms with E-state index in [-0.39, 0.29) is 11.7 Å². The number of hydrogen-bond donors (Lipinski definition) is 1. The van der Waals surface area contributed by atoms with Gasteiger partial charge in [-0.25, -0.2) is 22.7 Å². The van der Waals surface area contributed by atoms with Crippen LogP contribution in [-0.4, -0.2) is 20.5 Å². The van der Waals surface area contributed by atoms with Crippen LogP contribution in [0.3, 0.4) is 0 Å². The second-order valence-electron chi connectivity index (χ2n) is 3.84. The molecular weight excluding hydrogens is 261 g/mol. The summed E-state index contributed by atoms with van der Waals surface area (Å²) >= 11 is 0. The maximum Gasteiger partial charge on any atom is 0.338 e. The monoisotopic (exact) mass is 275 g/mol. The number of benzene rings is 1. The van der Waals surface area contributed by atoms with Crippen LogP contribution in [-0.2, 0) is 14.8 Å². The Hall–Kier alpha value is -1.47. The smallest absolute Gasteiger partial charge is 0.338 e. The van der Waals surface area contributed by atoms with Gasteiger partial charge in [-0.1, -0.05) is 6.92 Å². The van der Waals surface area contributed by atoms with E-state index < -0.39 is 26.7 Å². The molecule has 1 aromatic rings. The van der Waals surface area contributed by atoms with Gasteiger partial charge in [-0.05, 0) is 31.5 Å². The third kappa shape index (κ3) is 3.78. The molecule has 1 atom stereocenters. The summed E-state index contributed by atoms with van der Waals surface area (Å²) in [5.74, 6) is -1.65. The number of primary sulfonamides is 1. The summed E-state index contributed by atoms with van der Waals surface area (Å²) in [7, 11) is -4.06. The lowest BCUT2D eigenvalue weighted by Gasteiger charge is -2.11. The molecule has 0 amide bonds. The average Bonchev–Trinajstić information content (AvgIpc) is 2.26. The third-order valence-corrected chi connectivity index (χ3v) is 3.21. The van der Waals surface area contributed by atoms with Gasteiger partial charge in [0, 0.05) is 0 Å². The van der Waals surface area contributed by atoms with Gasteiger partial charge in [0.2, 0.25) is 10.0 Å². The first-order valence-electron chi connectivity index (χ1n) is 5.28. The summed E-state index contributed by atoms with van der Waals surface area (Å²) in [6.45, 7) is 3.50. The first-order chi connectivity index (χ1) is 8.24. The van der Waals surface area contributed by atoms with E-state index in [2.05, 4.69) is 0 Å². The van der Waals surface area contributed by atoms with Crippen LogP contribution >= 0.6 is 0 Å². The summed E-state index contributed by atoms with van der Waals surface area (Å²) in [6, 6.07) is 2.64. The molecule has 0 fully saturated rings. The van der Waals surface area contributed by atoms with Crippen molar-refractivity contribution in [1.29, 1.82) is 0 Å². The molecule has 0 aliphatic heterocycles. The quantitative estimate of drug-likeness (QED) is 0.842. The number of carbonyl (C=O) groups is 1. The maximum absolute atomic E-state index is 13.2. The zero-order chi connectivity index (χ0) is 13.9. The highest BCUT2D eigenvalue weighted by atomic mass is 32.2. The van der Waals surface area contributed by atoms with E-state index in [0.29, 0.717) is 6.42 Å². The Labute approximate surface area is 105 Å². The van der Waals surface area contributed by atoms with Gasteiger partial charge in [-0.2, -0.15) is 0 Å². The normalized spacial score (nSPS) is 13.1. The second kappa shape index (κ2) is 5.45. The summed E-state index contributed by atoms with van der Waals surface area (Å²) < 4.78 is 40.4. The van der Waals surface area contributed by atoms with E-state index >= 15 is 0 Å². The minimum Gasteiger partial charge on any atom is -0.459 e. The minimum absolute atomic E-state index is 0.181. The van der Waals surface area contributed by atoms with Crippen molar-refractivity contribution in [3.63, 3.8) is 0 Å². The topological polar surface area (TPSA) is 86.5 Å². The number of halogens is 1. The molecule has 2 N–H and O–H groups in total. The summed E-state index contributed by atoms with van der Waals surface area (Å²) in [5.41, 5.74) is -0.181. The molecule has 5 nitrogen and oxygen atoms in total. The Kier molecular flexibility index (Phi) is 4.42. The van der Waals surface area contributed by atoms with Crippen LogP contribution in [0.15, 0.2) is 23.1 Å². The fourth-order valence-corrected chi connectivity index (χ4v) is 1.75. The van der Waals surface area contributed by atoms with Crippen molar-refractivity contribution in [3.8, 4) is 0 Å². The van der Waals surface area contributed by atoms with Crippen LogP contribution in [0.1, 0.15) is 30.6 Å². The van der Waals surface area contributed by atoms with Crippen LogP contribution in [0.4, 0.5) is 4.39 Å². The Morgan fingerprint density at radius 3 is 2.56 bits per heavy atom. The molecule has 1 unspecified atom stereocenters. The van der Waals surface area contributed by atoms with Gasteiger partial charge in [-0.3, -0.25) is 0 Å². The van der Waals surface area contributed by atoms with Gasteiger partial charge in [0.1, 0.15) is 5.82 Å². The number of carbonyl (C=O) groups excluding carboxylic acids is 1. The molecule has 0 radical (unpaired) electrons. The van der Waals surface area contributed by atoms with Gasteiger partial charge >= 0.3 is 5.97 Å². The van der Waals surface area contributed by atoms with Gasteiger partial charge in [0.25, 0.3) is 0 Å². The molecule has 0 saturated carbocycles. The molecule has 0 spiro atoms. The number of sulfonamides is 1. The fraction of sp³-hybridized carbons (Fsp3) is 0.364. The second-order valence-corrected chi connectivity index (χ2v) is 5.41. The highest BCUT2D eigenvalue weighted by molar-refractivity contribution is 7.89. The number of hydrogen-bond acceptors (Lipinski definition) is 4. The molecule has 0 aromatic heterocycles. The standard InChI is InChI=1S/C11H14FNO4S/c1-3-7(2)17-11(14)8-4-9(12)6-10(5-8)18(13,15)16/h4-7H,3H2,1-2H3,(H2,13,15,16). The van der Waals surface area contributed by atoms with Crippen molar-refractivity contribution >= 4 is 16.0 Å². The lowest BCUT2D eigenvalue weighted by molar-refractivity contribution is 0.0333. The predicted octanol–water partition coefficient (Wildman–Crippen LogP) is 1.43. The first-order valence-corrected chi connectivity index (χ1v) is 6.83. The van der Waals surface area contributed by atoms with Crippen LogP contribution in [0.2, 0.25) is 0 Å². The zero-order valence-corrected chi connectivity index (χ0v) is 10.8. The molecule has 0 aliphatic carbocycles. The molecule has 100 valence electrons. The molecule has 0 bridgehead atoms. The Morgan fingerprint density at radius 1 is 1.44 bits per heavy atom. The fourth-order valence-electron chi connectivity index (χ4n) is 1.18. The zero-order valence-electron chi connectivity index (χ0n) is 10.0. The van der Waals surface area contributed by atoms with Crippen molar-refractivity contribution in [2.75, 3.05) is 0 Å². The van der Waals surface area contributed by atoms with E-state index in [4.69, 9.17) is 9.88 Å². The molecular formula is C11H14FNO4S. The lowest BCUT2D eigenvalue weighted by atomic mass is 10.2. The highest BCUT2D eigenvalue weighted by Gasteiger charge is 2.17. The van der Waals surface area contributed by atoms with Gasteiger partial charge in [0.15, 0.2) is 0 Å². The van der Waals surface area contributed by atoms with Crippen LogP contribution < -0.4 is 5.14 Å². The Balaban J connectivity index is 3.11. The van der Waals surface area contributed by atoms with E-state index in [1.54, 1.807) is 6.92 Å². The van der Waals surface area contributed by atoms with E-state index in [9.17, 15) is 17.6 Å². The van der Waals surface area contributed by atoms with Crippen molar-refractivity contribution in [1.82, 2.24) is 0 Å². The van der Waals surface area contributed by atoms with Gasteiger partial charge in [0.05, 0.1) is 16.6 Å². The maximum atomic E-state index is 13.2. The molecule has 0 saturated heterocycles. The third-order valence-electron chi connectivity index (χ3n) is 2.32. The molecule has 7 heteroatoms. The summed E-state index contributed by atoms with van der Waals surface area (Å²) in [5, 5.41) is 4.88. The summed E-state index contributed by atoms with van der Waals surface area (Å²) in [4.78, 5) is 11.2. The highest BCUT2D eigenvalue weighted by Crippen LogP contribution is 2.15. The van der Waals surface area contributed by atoms with Gasteiger partial charge in [-0.15, -0.1) is 0 Å². The average molecular weight is 275 g/mol. The minimum atomic E-state index is -4.06.